The van der Waals surface area contributed by atoms with Crippen LogP contribution in [0.15, 0.2) is 53.9 Å². The Labute approximate surface area is 140 Å². The normalized spacial score (nSPS) is 10.8. The second-order valence-corrected chi connectivity index (χ2v) is 5.58. The average molecular weight is 320 g/mol. The van der Waals surface area contributed by atoms with E-state index >= 15 is 0 Å². The maximum absolute atomic E-state index is 8.86. The number of nitrogens with zero attached hydrogens (tertiary/aromatic N) is 2. The van der Waals surface area contributed by atoms with Gasteiger partial charge in [0.2, 0.25) is 0 Å². The quantitative estimate of drug-likeness (QED) is 0.794. The lowest BCUT2D eigenvalue weighted by Gasteiger charge is -2.09. The van der Waals surface area contributed by atoms with Gasteiger partial charge >= 0.3 is 0 Å². The van der Waals surface area contributed by atoms with Crippen LogP contribution in [0.1, 0.15) is 22.3 Å². The first-order chi connectivity index (χ1) is 11.3. The second-order valence-electron chi connectivity index (χ2n) is 4.87. The Kier molecular flexibility index (Phi) is 6.44. The fourth-order valence-corrected chi connectivity index (χ4v) is 2.53. The van der Waals surface area contributed by atoms with E-state index in [-0.39, 0.29) is 0 Å². The van der Waals surface area contributed by atoms with Crippen molar-refractivity contribution in [2.24, 2.45) is 0 Å². The molecule has 0 N–H and O–H groups in total. The predicted molar refractivity (Wildman–Crippen MR) is 93.5 cm³/mol. The Morgan fingerprint density at radius 1 is 1.00 bits per heavy atom. The summed E-state index contributed by atoms with van der Waals surface area (Å²) in [6, 6.07) is 19.1. The van der Waals surface area contributed by atoms with Crippen LogP contribution in [0.3, 0.4) is 0 Å². The molecule has 0 saturated carbocycles. The molecule has 2 rings (SSSR count). The van der Waals surface area contributed by atoms with Gasteiger partial charge in [-0.25, -0.2) is 0 Å². The van der Waals surface area contributed by atoms with Gasteiger partial charge < -0.3 is 4.74 Å². The van der Waals surface area contributed by atoms with Gasteiger partial charge in [0.15, 0.2) is 0 Å². The summed E-state index contributed by atoms with van der Waals surface area (Å²) >= 11 is 1.62. The molecule has 0 aromatic heterocycles. The van der Waals surface area contributed by atoms with Crippen molar-refractivity contribution in [3.8, 4) is 12.1 Å². The van der Waals surface area contributed by atoms with E-state index in [0.29, 0.717) is 24.3 Å². The summed E-state index contributed by atoms with van der Waals surface area (Å²) in [6.07, 6.45) is 2.00. The Morgan fingerprint density at radius 2 is 1.57 bits per heavy atom. The monoisotopic (exact) mass is 320 g/mol. The molecule has 0 saturated heterocycles. The SMILES string of the molecule is CS/C=C(/COCc1ccc(C#N)cc1)c1ccc(C#N)cc1. The Bertz CT molecular complexity index is 750. The van der Waals surface area contributed by atoms with Crippen LogP contribution >= 0.6 is 11.8 Å². The zero-order valence-corrected chi connectivity index (χ0v) is 13.6. The molecule has 23 heavy (non-hydrogen) atoms. The Morgan fingerprint density at radius 3 is 2.09 bits per heavy atom. The molecule has 0 aliphatic heterocycles. The molecular weight excluding hydrogens is 304 g/mol. The van der Waals surface area contributed by atoms with Gasteiger partial charge in [-0.15, -0.1) is 11.8 Å². The number of thioether (sulfide) groups is 1. The molecule has 0 spiro atoms. The zero-order valence-electron chi connectivity index (χ0n) is 12.8. The molecule has 0 unspecified atom stereocenters. The number of hydrogen-bond donors (Lipinski definition) is 0. The highest BCUT2D eigenvalue weighted by Gasteiger charge is 2.03. The molecule has 0 aliphatic carbocycles. The van der Waals surface area contributed by atoms with Crippen LogP contribution in [-0.2, 0) is 11.3 Å². The maximum atomic E-state index is 8.86. The minimum absolute atomic E-state index is 0.493. The summed E-state index contributed by atoms with van der Waals surface area (Å²) in [6.45, 7) is 0.987. The first kappa shape index (κ1) is 16.8. The van der Waals surface area contributed by atoms with E-state index < -0.39 is 0 Å². The molecule has 114 valence electrons. The molecule has 0 radical (unpaired) electrons. The van der Waals surface area contributed by atoms with Gasteiger partial charge in [0, 0.05) is 0 Å². The molecule has 2 aromatic rings. The molecule has 0 amide bonds. The molecule has 0 bridgehead atoms. The highest BCUT2D eigenvalue weighted by molar-refractivity contribution is 8.01. The van der Waals surface area contributed by atoms with Gasteiger partial charge in [0.25, 0.3) is 0 Å². The Hall–Kier alpha value is -2.53. The fourth-order valence-electron chi connectivity index (χ4n) is 2.04. The van der Waals surface area contributed by atoms with E-state index in [0.717, 1.165) is 16.7 Å². The van der Waals surface area contributed by atoms with E-state index in [1.807, 2.05) is 42.7 Å². The number of rotatable bonds is 6. The van der Waals surface area contributed by atoms with Crippen molar-refractivity contribution in [3.63, 3.8) is 0 Å². The van der Waals surface area contributed by atoms with E-state index in [1.54, 1.807) is 23.9 Å². The van der Waals surface area contributed by atoms with Gasteiger partial charge in [-0.05, 0) is 52.6 Å². The van der Waals surface area contributed by atoms with Crippen LogP contribution in [-0.4, -0.2) is 12.9 Å². The third-order valence-electron chi connectivity index (χ3n) is 3.25. The van der Waals surface area contributed by atoms with Crippen molar-refractivity contribution in [1.82, 2.24) is 0 Å². The number of nitriles is 2. The van der Waals surface area contributed by atoms with Crippen LogP contribution in [0.2, 0.25) is 0 Å². The molecule has 0 heterocycles. The van der Waals surface area contributed by atoms with Crippen LogP contribution in [0.25, 0.3) is 5.57 Å². The first-order valence-electron chi connectivity index (χ1n) is 7.06. The number of ether oxygens (including phenoxy) is 1. The lowest BCUT2D eigenvalue weighted by Crippen LogP contribution is -1.99. The predicted octanol–water partition coefficient (Wildman–Crippen LogP) is 4.35. The molecule has 0 atom stereocenters. The van der Waals surface area contributed by atoms with Crippen molar-refractivity contribution in [1.29, 1.82) is 10.5 Å². The third-order valence-corrected chi connectivity index (χ3v) is 3.77. The minimum atomic E-state index is 0.493. The fraction of sp³-hybridized carbons (Fsp3) is 0.158. The van der Waals surface area contributed by atoms with E-state index in [4.69, 9.17) is 15.3 Å². The summed E-state index contributed by atoms with van der Waals surface area (Å²) in [5.41, 5.74) is 4.46. The van der Waals surface area contributed by atoms with Gasteiger partial charge in [-0.1, -0.05) is 24.3 Å². The number of benzene rings is 2. The maximum Gasteiger partial charge on any atom is 0.0991 e. The van der Waals surface area contributed by atoms with Gasteiger partial charge in [-0.2, -0.15) is 10.5 Å². The highest BCUT2D eigenvalue weighted by atomic mass is 32.2. The van der Waals surface area contributed by atoms with E-state index in [9.17, 15) is 0 Å². The molecule has 0 fully saturated rings. The molecule has 0 aliphatic rings. The van der Waals surface area contributed by atoms with Crippen molar-refractivity contribution < 1.29 is 4.74 Å². The van der Waals surface area contributed by atoms with Crippen molar-refractivity contribution in [3.05, 3.63) is 76.2 Å². The van der Waals surface area contributed by atoms with Crippen molar-refractivity contribution in [2.45, 2.75) is 6.61 Å². The standard InChI is InChI=1S/C19H16N2OS/c1-23-14-19(18-8-6-16(11-21)7-9-18)13-22-12-17-4-2-15(10-20)3-5-17/h2-9,14H,12-13H2,1H3/b19-14-. The lowest BCUT2D eigenvalue weighted by atomic mass is 10.1. The minimum Gasteiger partial charge on any atom is -0.372 e. The molecule has 2 aromatic carbocycles. The second kappa shape index (κ2) is 8.80. The van der Waals surface area contributed by atoms with Crippen LogP contribution in [0.4, 0.5) is 0 Å². The summed E-state index contributed by atoms with van der Waals surface area (Å²) in [7, 11) is 0. The van der Waals surface area contributed by atoms with Crippen molar-refractivity contribution >= 4 is 17.3 Å². The van der Waals surface area contributed by atoms with Crippen LogP contribution < -0.4 is 0 Å². The summed E-state index contributed by atoms with van der Waals surface area (Å²) in [4.78, 5) is 0. The molecule has 4 heteroatoms. The van der Waals surface area contributed by atoms with Gasteiger partial charge in [0.1, 0.15) is 0 Å². The Balaban J connectivity index is 1.98. The topological polar surface area (TPSA) is 56.8 Å². The zero-order chi connectivity index (χ0) is 16.5. The van der Waals surface area contributed by atoms with Gasteiger partial charge in [-0.3, -0.25) is 0 Å². The summed E-state index contributed by atoms with van der Waals surface area (Å²) in [5, 5.41) is 19.7. The highest BCUT2D eigenvalue weighted by Crippen LogP contribution is 2.19. The molecular formula is C19H16N2OS. The third kappa shape index (κ3) is 5.00. The average Bonchev–Trinajstić information content (AvgIpc) is 2.61. The van der Waals surface area contributed by atoms with Crippen LogP contribution in [0, 0.1) is 22.7 Å². The first-order valence-corrected chi connectivity index (χ1v) is 8.34. The molecule has 3 nitrogen and oxygen atoms in total. The van der Waals surface area contributed by atoms with Crippen molar-refractivity contribution in [2.75, 3.05) is 12.9 Å². The number of hydrogen-bond acceptors (Lipinski definition) is 4. The smallest absolute Gasteiger partial charge is 0.0991 e. The lowest BCUT2D eigenvalue weighted by molar-refractivity contribution is 0.153. The summed E-state index contributed by atoms with van der Waals surface area (Å²) in [5.74, 6) is 0. The van der Waals surface area contributed by atoms with Gasteiger partial charge in [0.05, 0.1) is 36.5 Å². The van der Waals surface area contributed by atoms with Crippen LogP contribution in [0.5, 0.6) is 0 Å². The largest absolute Gasteiger partial charge is 0.372 e. The van der Waals surface area contributed by atoms with E-state index in [1.165, 1.54) is 0 Å². The summed E-state index contributed by atoms with van der Waals surface area (Å²) < 4.78 is 5.79. The van der Waals surface area contributed by atoms with E-state index in [2.05, 4.69) is 17.5 Å².